The molecule has 1 aromatic carbocycles. The van der Waals surface area contributed by atoms with Gasteiger partial charge in [-0.05, 0) is 49.2 Å². The van der Waals surface area contributed by atoms with Gasteiger partial charge in [-0.15, -0.1) is 0 Å². The maximum atomic E-state index is 11.5. The van der Waals surface area contributed by atoms with Crippen molar-refractivity contribution in [2.24, 2.45) is 0 Å². The molecule has 106 valence electrons. The molecule has 4 nitrogen and oxygen atoms in total. The van der Waals surface area contributed by atoms with E-state index in [-0.39, 0.29) is 5.78 Å². The van der Waals surface area contributed by atoms with Crippen LogP contribution in [0.4, 0.5) is 5.69 Å². The molecule has 4 heteroatoms. The van der Waals surface area contributed by atoms with Crippen LogP contribution in [0.15, 0.2) is 42.7 Å². The first-order valence-corrected chi connectivity index (χ1v) is 6.77. The summed E-state index contributed by atoms with van der Waals surface area (Å²) in [6, 6.07) is 11.3. The Balaban J connectivity index is 2.18. The number of pyridine rings is 1. The summed E-state index contributed by atoms with van der Waals surface area (Å²) >= 11 is 0. The Kier molecular flexibility index (Phi) is 4.68. The maximum absolute atomic E-state index is 11.5. The number of carbonyl (C=O) groups excluding carboxylic acids is 1. The lowest BCUT2D eigenvalue weighted by atomic mass is 10.1. The standard InChI is InChI=1S/C17H17N3O/c1-13(21)15-3-4-16(12-18)17(11-15)20(2)10-7-14-5-8-19-9-6-14/h3-6,8-9,11H,7,10H2,1-2H3. The molecule has 0 saturated carbocycles. The van der Waals surface area contributed by atoms with E-state index in [1.54, 1.807) is 30.6 Å². The van der Waals surface area contributed by atoms with E-state index in [1.807, 2.05) is 24.1 Å². The molecule has 0 bridgehead atoms. The van der Waals surface area contributed by atoms with Crippen LogP contribution in [0, 0.1) is 11.3 Å². The fraction of sp³-hybridized carbons (Fsp3) is 0.235. The molecule has 0 radical (unpaired) electrons. The zero-order valence-corrected chi connectivity index (χ0v) is 12.2. The smallest absolute Gasteiger partial charge is 0.159 e. The largest absolute Gasteiger partial charge is 0.373 e. The van der Waals surface area contributed by atoms with E-state index >= 15 is 0 Å². The molecule has 2 aromatic rings. The van der Waals surface area contributed by atoms with E-state index in [0.717, 1.165) is 18.7 Å². The molecule has 2 rings (SSSR count). The van der Waals surface area contributed by atoms with E-state index in [4.69, 9.17) is 0 Å². The summed E-state index contributed by atoms with van der Waals surface area (Å²) in [7, 11) is 1.93. The van der Waals surface area contributed by atoms with Gasteiger partial charge in [0, 0.05) is 31.5 Å². The predicted molar refractivity (Wildman–Crippen MR) is 82.4 cm³/mol. The first kappa shape index (κ1) is 14.7. The van der Waals surface area contributed by atoms with Crippen LogP contribution in [0.1, 0.15) is 28.4 Å². The first-order valence-electron chi connectivity index (χ1n) is 6.77. The van der Waals surface area contributed by atoms with Crippen molar-refractivity contribution in [2.45, 2.75) is 13.3 Å². The van der Waals surface area contributed by atoms with Crippen molar-refractivity contribution in [2.75, 3.05) is 18.5 Å². The molecular weight excluding hydrogens is 262 g/mol. The fourth-order valence-electron chi connectivity index (χ4n) is 2.13. The Labute approximate surface area is 124 Å². The van der Waals surface area contributed by atoms with Gasteiger partial charge in [0.25, 0.3) is 0 Å². The number of Topliss-reactive ketones (excluding diaryl/α,β-unsaturated/α-hetero) is 1. The summed E-state index contributed by atoms with van der Waals surface area (Å²) < 4.78 is 0. The molecular formula is C17H17N3O. The Hall–Kier alpha value is -2.67. The number of nitrogens with zero attached hydrogens (tertiary/aromatic N) is 3. The lowest BCUT2D eigenvalue weighted by Gasteiger charge is -2.21. The van der Waals surface area contributed by atoms with Crippen LogP contribution in [0.5, 0.6) is 0 Å². The number of ketones is 1. The summed E-state index contributed by atoms with van der Waals surface area (Å²) in [4.78, 5) is 17.5. The highest BCUT2D eigenvalue weighted by molar-refractivity contribution is 5.95. The van der Waals surface area contributed by atoms with Crippen molar-refractivity contribution in [3.63, 3.8) is 0 Å². The third-order valence-corrected chi connectivity index (χ3v) is 3.42. The highest BCUT2D eigenvalue weighted by Gasteiger charge is 2.10. The van der Waals surface area contributed by atoms with Gasteiger partial charge in [-0.2, -0.15) is 5.26 Å². The van der Waals surface area contributed by atoms with E-state index in [0.29, 0.717) is 11.1 Å². The number of likely N-dealkylation sites (N-methyl/N-ethyl adjacent to an activating group) is 1. The molecule has 0 saturated heterocycles. The summed E-state index contributed by atoms with van der Waals surface area (Å²) in [5.41, 5.74) is 3.19. The normalized spacial score (nSPS) is 9.95. The monoisotopic (exact) mass is 279 g/mol. The van der Waals surface area contributed by atoms with Crippen LogP contribution in [-0.4, -0.2) is 24.4 Å². The first-order chi connectivity index (χ1) is 10.1. The molecule has 0 unspecified atom stereocenters. The highest BCUT2D eigenvalue weighted by Crippen LogP contribution is 2.21. The van der Waals surface area contributed by atoms with Gasteiger partial charge in [0.1, 0.15) is 6.07 Å². The fourth-order valence-corrected chi connectivity index (χ4v) is 2.13. The molecule has 21 heavy (non-hydrogen) atoms. The van der Waals surface area contributed by atoms with Gasteiger partial charge >= 0.3 is 0 Å². The highest BCUT2D eigenvalue weighted by atomic mass is 16.1. The van der Waals surface area contributed by atoms with Crippen molar-refractivity contribution < 1.29 is 4.79 Å². The number of rotatable bonds is 5. The van der Waals surface area contributed by atoms with Gasteiger partial charge in [-0.25, -0.2) is 0 Å². The Morgan fingerprint density at radius 1 is 1.29 bits per heavy atom. The average molecular weight is 279 g/mol. The number of benzene rings is 1. The molecule has 0 aliphatic carbocycles. The minimum absolute atomic E-state index is 0.00303. The van der Waals surface area contributed by atoms with Crippen LogP contribution in [0.3, 0.4) is 0 Å². The zero-order chi connectivity index (χ0) is 15.2. The number of anilines is 1. The van der Waals surface area contributed by atoms with Crippen molar-refractivity contribution in [1.82, 2.24) is 4.98 Å². The number of hydrogen-bond donors (Lipinski definition) is 0. The lowest BCUT2D eigenvalue weighted by Crippen LogP contribution is -2.21. The molecule has 0 aliphatic heterocycles. The van der Waals surface area contributed by atoms with Crippen molar-refractivity contribution >= 4 is 11.5 Å². The van der Waals surface area contributed by atoms with Crippen LogP contribution in [0.25, 0.3) is 0 Å². The Morgan fingerprint density at radius 2 is 2.00 bits per heavy atom. The van der Waals surface area contributed by atoms with Gasteiger partial charge in [-0.3, -0.25) is 9.78 Å². The van der Waals surface area contributed by atoms with Gasteiger partial charge in [0.15, 0.2) is 5.78 Å². The van der Waals surface area contributed by atoms with Gasteiger partial charge in [0.2, 0.25) is 0 Å². The predicted octanol–water partition coefficient (Wildman–Crippen LogP) is 2.83. The molecule has 1 heterocycles. The van der Waals surface area contributed by atoms with Crippen molar-refractivity contribution in [3.05, 3.63) is 59.4 Å². The van der Waals surface area contributed by atoms with E-state index in [9.17, 15) is 10.1 Å². The van der Waals surface area contributed by atoms with E-state index in [1.165, 1.54) is 12.5 Å². The SMILES string of the molecule is CC(=O)c1ccc(C#N)c(N(C)CCc2ccncc2)c1. The second-order valence-corrected chi connectivity index (χ2v) is 4.93. The third-order valence-electron chi connectivity index (χ3n) is 3.42. The number of nitriles is 1. The maximum Gasteiger partial charge on any atom is 0.159 e. The molecule has 0 fully saturated rings. The van der Waals surface area contributed by atoms with E-state index < -0.39 is 0 Å². The molecule has 0 atom stereocenters. The summed E-state index contributed by atoms with van der Waals surface area (Å²) in [5.74, 6) is 0.00303. The van der Waals surface area contributed by atoms with Crippen molar-refractivity contribution in [1.29, 1.82) is 5.26 Å². The molecule has 0 spiro atoms. The quantitative estimate of drug-likeness (QED) is 0.790. The molecule has 1 aromatic heterocycles. The number of carbonyl (C=O) groups is 1. The topological polar surface area (TPSA) is 57.0 Å². The minimum atomic E-state index is 0.00303. The average Bonchev–Trinajstić information content (AvgIpc) is 2.52. The van der Waals surface area contributed by atoms with E-state index in [2.05, 4.69) is 11.1 Å². The minimum Gasteiger partial charge on any atom is -0.373 e. The Morgan fingerprint density at radius 3 is 2.62 bits per heavy atom. The second-order valence-electron chi connectivity index (χ2n) is 4.93. The van der Waals surface area contributed by atoms with Gasteiger partial charge < -0.3 is 4.90 Å². The van der Waals surface area contributed by atoms with Crippen LogP contribution in [0.2, 0.25) is 0 Å². The second kappa shape index (κ2) is 6.67. The molecule has 0 amide bonds. The summed E-state index contributed by atoms with van der Waals surface area (Å²) in [6.07, 6.45) is 4.40. The lowest BCUT2D eigenvalue weighted by molar-refractivity contribution is 0.101. The molecule has 0 aliphatic rings. The van der Waals surface area contributed by atoms with Gasteiger partial charge in [-0.1, -0.05) is 0 Å². The molecule has 0 N–H and O–H groups in total. The van der Waals surface area contributed by atoms with Crippen molar-refractivity contribution in [3.8, 4) is 6.07 Å². The van der Waals surface area contributed by atoms with Gasteiger partial charge in [0.05, 0.1) is 11.3 Å². The zero-order valence-electron chi connectivity index (χ0n) is 12.2. The summed E-state index contributed by atoms with van der Waals surface area (Å²) in [5, 5.41) is 9.21. The van der Waals surface area contributed by atoms with Crippen LogP contribution < -0.4 is 4.90 Å². The third kappa shape index (κ3) is 3.67. The number of hydrogen-bond acceptors (Lipinski definition) is 4. The van der Waals surface area contributed by atoms with Crippen LogP contribution in [-0.2, 0) is 6.42 Å². The number of aromatic nitrogens is 1. The summed E-state index contributed by atoms with van der Waals surface area (Å²) in [6.45, 7) is 2.29. The van der Waals surface area contributed by atoms with Crippen LogP contribution >= 0.6 is 0 Å². The Bertz CT molecular complexity index is 674.